The summed E-state index contributed by atoms with van der Waals surface area (Å²) in [5.41, 5.74) is 2.54. The molecule has 2 rings (SSSR count). The van der Waals surface area contributed by atoms with Crippen LogP contribution in [0.2, 0.25) is 0 Å². The lowest BCUT2D eigenvalue weighted by Crippen LogP contribution is -2.28. The van der Waals surface area contributed by atoms with Crippen molar-refractivity contribution >= 4 is 15.9 Å². The van der Waals surface area contributed by atoms with Crippen molar-refractivity contribution in [1.82, 2.24) is 5.32 Å². The Hall–Kier alpha value is -0.540. The minimum atomic E-state index is 0.568. The number of aryl methyl sites for hydroxylation is 1. The van der Waals surface area contributed by atoms with Crippen molar-refractivity contribution in [2.24, 2.45) is 0 Å². The molecular formula is C13H18BrNO. The van der Waals surface area contributed by atoms with Crippen LogP contribution >= 0.6 is 15.9 Å². The number of hydrogen-bond acceptors (Lipinski definition) is 2. The molecule has 1 aromatic rings. The molecule has 0 aromatic heterocycles. The summed E-state index contributed by atoms with van der Waals surface area (Å²) in [6.45, 7) is 4.30. The van der Waals surface area contributed by atoms with Gasteiger partial charge in [0.2, 0.25) is 0 Å². The zero-order valence-corrected chi connectivity index (χ0v) is 11.4. The molecule has 0 aliphatic carbocycles. The second-order valence-corrected chi connectivity index (χ2v) is 5.21. The topological polar surface area (TPSA) is 21.3 Å². The summed E-state index contributed by atoms with van der Waals surface area (Å²) in [4.78, 5) is 0. The van der Waals surface area contributed by atoms with E-state index >= 15 is 0 Å². The van der Waals surface area contributed by atoms with E-state index in [9.17, 15) is 0 Å². The number of hydrogen-bond donors (Lipinski definition) is 1. The predicted octanol–water partition coefficient (Wildman–Crippen LogP) is 3.23. The van der Waals surface area contributed by atoms with Gasteiger partial charge < -0.3 is 10.1 Å². The summed E-state index contributed by atoms with van der Waals surface area (Å²) < 4.78 is 6.72. The van der Waals surface area contributed by atoms with Crippen LogP contribution in [-0.4, -0.2) is 20.2 Å². The number of methoxy groups -OCH3 is 1. The standard InChI is InChI=1S/C13H18BrNO/c1-9-5-6-11(14)12(13(9)16-2)10-4-3-7-15-8-10/h5-6,10,15H,3-4,7-8H2,1-2H3. The van der Waals surface area contributed by atoms with E-state index in [-0.39, 0.29) is 0 Å². The maximum Gasteiger partial charge on any atom is 0.126 e. The van der Waals surface area contributed by atoms with Crippen LogP contribution in [0.15, 0.2) is 16.6 Å². The van der Waals surface area contributed by atoms with Gasteiger partial charge in [-0.25, -0.2) is 0 Å². The van der Waals surface area contributed by atoms with Gasteiger partial charge in [0.1, 0.15) is 5.75 Å². The van der Waals surface area contributed by atoms with Gasteiger partial charge in [0.05, 0.1) is 7.11 Å². The third-order valence-electron chi connectivity index (χ3n) is 3.25. The molecule has 1 heterocycles. The van der Waals surface area contributed by atoms with Crippen LogP contribution in [0.25, 0.3) is 0 Å². The van der Waals surface area contributed by atoms with E-state index in [4.69, 9.17) is 4.74 Å². The second-order valence-electron chi connectivity index (χ2n) is 4.35. The van der Waals surface area contributed by atoms with E-state index in [1.54, 1.807) is 7.11 Å². The largest absolute Gasteiger partial charge is 0.496 e. The first-order chi connectivity index (χ1) is 7.74. The molecule has 1 aliphatic heterocycles. The minimum absolute atomic E-state index is 0.568. The Bertz CT molecular complexity index is 372. The highest BCUT2D eigenvalue weighted by Gasteiger charge is 2.22. The number of rotatable bonds is 2. The first kappa shape index (κ1) is 11.9. The molecule has 1 atom stereocenters. The Morgan fingerprint density at radius 1 is 1.44 bits per heavy atom. The highest BCUT2D eigenvalue weighted by molar-refractivity contribution is 9.10. The molecule has 0 bridgehead atoms. The van der Waals surface area contributed by atoms with Gasteiger partial charge in [-0.05, 0) is 37.9 Å². The van der Waals surface area contributed by atoms with Gasteiger partial charge in [-0.15, -0.1) is 0 Å². The van der Waals surface area contributed by atoms with Crippen molar-refractivity contribution in [1.29, 1.82) is 0 Å². The van der Waals surface area contributed by atoms with Crippen LogP contribution < -0.4 is 10.1 Å². The summed E-state index contributed by atoms with van der Waals surface area (Å²) in [5.74, 6) is 1.61. The highest BCUT2D eigenvalue weighted by atomic mass is 79.9. The van der Waals surface area contributed by atoms with Gasteiger partial charge in [-0.3, -0.25) is 0 Å². The zero-order chi connectivity index (χ0) is 11.5. The summed E-state index contributed by atoms with van der Waals surface area (Å²) >= 11 is 3.65. The molecule has 1 fully saturated rings. The van der Waals surface area contributed by atoms with Crippen molar-refractivity contribution in [2.45, 2.75) is 25.7 Å². The predicted molar refractivity (Wildman–Crippen MR) is 70.3 cm³/mol. The van der Waals surface area contributed by atoms with E-state index in [1.807, 2.05) is 0 Å². The Morgan fingerprint density at radius 2 is 2.25 bits per heavy atom. The first-order valence-electron chi connectivity index (χ1n) is 5.77. The molecule has 0 spiro atoms. The molecule has 1 unspecified atom stereocenters. The first-order valence-corrected chi connectivity index (χ1v) is 6.57. The lowest BCUT2D eigenvalue weighted by Gasteiger charge is -2.26. The molecule has 16 heavy (non-hydrogen) atoms. The number of ether oxygens (including phenoxy) is 1. The Labute approximate surface area is 106 Å². The normalized spacial score (nSPS) is 20.8. The quantitative estimate of drug-likeness (QED) is 0.900. The monoisotopic (exact) mass is 283 g/mol. The molecule has 2 nitrogen and oxygen atoms in total. The summed E-state index contributed by atoms with van der Waals surface area (Å²) in [6.07, 6.45) is 2.49. The van der Waals surface area contributed by atoms with E-state index in [0.717, 1.165) is 18.8 Å². The Balaban J connectivity index is 2.40. The van der Waals surface area contributed by atoms with E-state index in [0.29, 0.717) is 5.92 Å². The third-order valence-corrected chi connectivity index (χ3v) is 3.94. The average Bonchev–Trinajstić information content (AvgIpc) is 2.33. The van der Waals surface area contributed by atoms with Crippen molar-refractivity contribution in [3.63, 3.8) is 0 Å². The van der Waals surface area contributed by atoms with Crippen LogP contribution in [0.4, 0.5) is 0 Å². The lowest BCUT2D eigenvalue weighted by atomic mass is 9.90. The Kier molecular flexibility index (Phi) is 3.87. The van der Waals surface area contributed by atoms with E-state index < -0.39 is 0 Å². The van der Waals surface area contributed by atoms with Gasteiger partial charge in [-0.2, -0.15) is 0 Å². The second kappa shape index (κ2) is 5.19. The van der Waals surface area contributed by atoms with Gasteiger partial charge >= 0.3 is 0 Å². The SMILES string of the molecule is COc1c(C)ccc(Br)c1C1CCCNC1. The highest BCUT2D eigenvalue weighted by Crippen LogP contribution is 2.38. The molecule has 0 radical (unpaired) electrons. The minimum Gasteiger partial charge on any atom is -0.496 e. The van der Waals surface area contributed by atoms with Crippen molar-refractivity contribution in [2.75, 3.05) is 20.2 Å². The summed E-state index contributed by atoms with van der Waals surface area (Å²) in [5, 5.41) is 3.45. The van der Waals surface area contributed by atoms with Crippen LogP contribution in [0.3, 0.4) is 0 Å². The number of piperidine rings is 1. The summed E-state index contributed by atoms with van der Waals surface area (Å²) in [6, 6.07) is 4.23. The zero-order valence-electron chi connectivity index (χ0n) is 9.85. The lowest BCUT2D eigenvalue weighted by molar-refractivity contribution is 0.389. The van der Waals surface area contributed by atoms with Crippen LogP contribution in [0.1, 0.15) is 29.9 Å². The fourth-order valence-corrected chi connectivity index (χ4v) is 3.07. The molecule has 3 heteroatoms. The van der Waals surface area contributed by atoms with Gasteiger partial charge in [-0.1, -0.05) is 22.0 Å². The smallest absolute Gasteiger partial charge is 0.126 e. The van der Waals surface area contributed by atoms with Crippen LogP contribution in [-0.2, 0) is 0 Å². The molecule has 1 aromatic carbocycles. The molecule has 1 N–H and O–H groups in total. The average molecular weight is 284 g/mol. The van der Waals surface area contributed by atoms with Crippen LogP contribution in [0, 0.1) is 6.92 Å². The maximum atomic E-state index is 5.55. The maximum absolute atomic E-state index is 5.55. The Morgan fingerprint density at radius 3 is 2.88 bits per heavy atom. The van der Waals surface area contributed by atoms with E-state index in [2.05, 4.69) is 40.3 Å². The fraction of sp³-hybridized carbons (Fsp3) is 0.538. The van der Waals surface area contributed by atoms with Gasteiger partial charge in [0.15, 0.2) is 0 Å². The van der Waals surface area contributed by atoms with Crippen molar-refractivity contribution < 1.29 is 4.74 Å². The molecular weight excluding hydrogens is 266 g/mol. The number of benzene rings is 1. The third kappa shape index (κ3) is 2.25. The molecule has 1 aliphatic rings. The molecule has 0 saturated carbocycles. The van der Waals surface area contributed by atoms with Crippen LogP contribution in [0.5, 0.6) is 5.75 Å². The molecule has 88 valence electrons. The number of halogens is 1. The van der Waals surface area contributed by atoms with Crippen molar-refractivity contribution in [3.8, 4) is 5.75 Å². The molecule has 1 saturated heterocycles. The number of nitrogens with one attached hydrogen (secondary N) is 1. The van der Waals surface area contributed by atoms with Gasteiger partial charge in [0.25, 0.3) is 0 Å². The fourth-order valence-electron chi connectivity index (χ4n) is 2.43. The summed E-state index contributed by atoms with van der Waals surface area (Å²) in [7, 11) is 1.76. The van der Waals surface area contributed by atoms with Crippen molar-refractivity contribution in [3.05, 3.63) is 27.7 Å². The van der Waals surface area contributed by atoms with E-state index in [1.165, 1.54) is 28.4 Å². The van der Waals surface area contributed by atoms with Gasteiger partial charge in [0, 0.05) is 22.5 Å². The molecule has 0 amide bonds.